The summed E-state index contributed by atoms with van der Waals surface area (Å²) in [4.78, 5) is 16.4. The molecule has 3 rings (SSSR count). The molecule has 0 bridgehead atoms. The van der Waals surface area contributed by atoms with Crippen molar-refractivity contribution in [3.63, 3.8) is 0 Å². The van der Waals surface area contributed by atoms with E-state index in [0.717, 1.165) is 19.6 Å². The minimum absolute atomic E-state index is 0.243. The summed E-state index contributed by atoms with van der Waals surface area (Å²) in [7, 11) is 0. The van der Waals surface area contributed by atoms with E-state index in [0.29, 0.717) is 11.6 Å². The van der Waals surface area contributed by atoms with E-state index in [-0.39, 0.29) is 5.91 Å². The molecule has 102 valence electrons. The predicted octanol–water partition coefficient (Wildman–Crippen LogP) is 0.574. The lowest BCUT2D eigenvalue weighted by Crippen LogP contribution is -2.50. The molecule has 2 aliphatic rings. The fraction of sp³-hybridized carbons (Fsp3) is 0.500. The van der Waals surface area contributed by atoms with Gasteiger partial charge in [0.1, 0.15) is 0 Å². The van der Waals surface area contributed by atoms with Gasteiger partial charge in [0.05, 0.1) is 0 Å². The zero-order valence-corrected chi connectivity index (χ0v) is 11.0. The number of carbonyl (C=O) groups excluding carboxylic acids is 1. The molecule has 0 aromatic heterocycles. The number of rotatable bonds is 2. The van der Waals surface area contributed by atoms with Gasteiger partial charge >= 0.3 is 0 Å². The Balaban J connectivity index is 1.70. The molecule has 0 aliphatic carbocycles. The maximum absolute atomic E-state index is 11.4. The normalized spacial score (nSPS) is 23.2. The second kappa shape index (κ2) is 5.19. The van der Waals surface area contributed by atoms with Gasteiger partial charge in [-0.15, -0.1) is 0 Å². The number of amides is 1. The van der Waals surface area contributed by atoms with Crippen LogP contribution in [0.3, 0.4) is 0 Å². The van der Waals surface area contributed by atoms with Crippen LogP contribution in [-0.4, -0.2) is 43.0 Å². The van der Waals surface area contributed by atoms with Crippen LogP contribution in [0.15, 0.2) is 24.3 Å². The molecule has 0 saturated carbocycles. The van der Waals surface area contributed by atoms with Gasteiger partial charge < -0.3 is 4.90 Å². The van der Waals surface area contributed by atoms with Crippen molar-refractivity contribution in [1.29, 1.82) is 0 Å². The van der Waals surface area contributed by atoms with Crippen LogP contribution in [0, 0.1) is 0 Å². The Bertz CT molecular complexity index is 459. The van der Waals surface area contributed by atoms with E-state index in [2.05, 4.69) is 15.2 Å². The van der Waals surface area contributed by atoms with E-state index in [4.69, 9.17) is 5.84 Å². The van der Waals surface area contributed by atoms with Gasteiger partial charge in [0.15, 0.2) is 0 Å². The lowest BCUT2D eigenvalue weighted by atomic mass is 10.1. The Morgan fingerprint density at radius 2 is 2.00 bits per heavy atom. The minimum Gasteiger partial charge on any atom is -0.369 e. The highest BCUT2D eigenvalue weighted by atomic mass is 16.2. The molecule has 0 radical (unpaired) electrons. The smallest absolute Gasteiger partial charge is 0.265 e. The van der Waals surface area contributed by atoms with Crippen LogP contribution in [-0.2, 0) is 0 Å². The van der Waals surface area contributed by atoms with Gasteiger partial charge in [-0.05, 0) is 43.7 Å². The molecule has 5 nitrogen and oxygen atoms in total. The lowest BCUT2D eigenvalue weighted by molar-refractivity contribution is 0.0953. The van der Waals surface area contributed by atoms with Crippen molar-refractivity contribution >= 4 is 11.6 Å². The average Bonchev–Trinajstić information content (AvgIpc) is 2.94. The molecule has 2 heterocycles. The summed E-state index contributed by atoms with van der Waals surface area (Å²) in [5, 5.41) is 0. The Hall–Kier alpha value is -1.59. The third-order valence-corrected chi connectivity index (χ3v) is 4.21. The van der Waals surface area contributed by atoms with Crippen LogP contribution in [0.4, 0.5) is 5.69 Å². The van der Waals surface area contributed by atoms with Gasteiger partial charge in [0.25, 0.3) is 5.91 Å². The predicted molar refractivity (Wildman–Crippen MR) is 74.9 cm³/mol. The summed E-state index contributed by atoms with van der Waals surface area (Å²) in [6.07, 6.45) is 2.64. The summed E-state index contributed by atoms with van der Waals surface area (Å²) in [5.41, 5.74) is 3.95. The second-order valence-corrected chi connectivity index (χ2v) is 5.30. The topological polar surface area (TPSA) is 61.6 Å². The van der Waals surface area contributed by atoms with Crippen LogP contribution >= 0.6 is 0 Å². The van der Waals surface area contributed by atoms with Gasteiger partial charge in [-0.2, -0.15) is 0 Å². The molecule has 1 atom stereocenters. The largest absolute Gasteiger partial charge is 0.369 e. The Kier molecular flexibility index (Phi) is 3.40. The summed E-state index contributed by atoms with van der Waals surface area (Å²) >= 11 is 0. The Morgan fingerprint density at radius 3 is 2.74 bits per heavy atom. The van der Waals surface area contributed by atoms with Crippen LogP contribution in [0.1, 0.15) is 23.2 Å². The maximum Gasteiger partial charge on any atom is 0.265 e. The van der Waals surface area contributed by atoms with Crippen molar-refractivity contribution in [2.24, 2.45) is 5.84 Å². The fourth-order valence-corrected chi connectivity index (χ4v) is 3.13. The number of nitrogens with one attached hydrogen (secondary N) is 1. The molecule has 2 saturated heterocycles. The first-order chi connectivity index (χ1) is 9.28. The summed E-state index contributed by atoms with van der Waals surface area (Å²) in [6, 6.07) is 8.39. The molecule has 2 aliphatic heterocycles. The zero-order valence-electron chi connectivity index (χ0n) is 11.0. The van der Waals surface area contributed by atoms with Crippen molar-refractivity contribution in [2.45, 2.75) is 18.9 Å². The summed E-state index contributed by atoms with van der Waals surface area (Å²) in [5.74, 6) is 4.88. The van der Waals surface area contributed by atoms with E-state index in [1.165, 1.54) is 25.1 Å². The van der Waals surface area contributed by atoms with Crippen molar-refractivity contribution in [3.8, 4) is 0 Å². The highest BCUT2D eigenvalue weighted by molar-refractivity contribution is 5.94. The van der Waals surface area contributed by atoms with E-state index in [1.807, 2.05) is 24.3 Å². The zero-order chi connectivity index (χ0) is 13.2. The first-order valence-electron chi connectivity index (χ1n) is 6.88. The highest BCUT2D eigenvalue weighted by Gasteiger charge is 2.30. The van der Waals surface area contributed by atoms with E-state index < -0.39 is 0 Å². The maximum atomic E-state index is 11.4. The third-order valence-electron chi connectivity index (χ3n) is 4.21. The number of hydrogen-bond donors (Lipinski definition) is 2. The summed E-state index contributed by atoms with van der Waals surface area (Å²) < 4.78 is 0. The number of nitrogens with zero attached hydrogens (tertiary/aromatic N) is 2. The van der Waals surface area contributed by atoms with Gasteiger partial charge in [-0.3, -0.25) is 15.1 Å². The molecule has 1 amide bonds. The molecule has 19 heavy (non-hydrogen) atoms. The van der Waals surface area contributed by atoms with Crippen molar-refractivity contribution in [3.05, 3.63) is 29.8 Å². The first kappa shape index (κ1) is 12.4. The molecule has 5 heteroatoms. The van der Waals surface area contributed by atoms with Crippen LogP contribution in [0.2, 0.25) is 0 Å². The van der Waals surface area contributed by atoms with Crippen molar-refractivity contribution < 1.29 is 4.79 Å². The van der Waals surface area contributed by atoms with Gasteiger partial charge in [-0.1, -0.05) is 0 Å². The molecule has 0 spiro atoms. The average molecular weight is 260 g/mol. The molecule has 1 aromatic rings. The third kappa shape index (κ3) is 2.43. The molecular weight excluding hydrogens is 240 g/mol. The number of nitrogens with two attached hydrogens (primary N) is 1. The van der Waals surface area contributed by atoms with Crippen LogP contribution in [0.25, 0.3) is 0 Å². The highest BCUT2D eigenvalue weighted by Crippen LogP contribution is 2.25. The molecule has 1 aromatic carbocycles. The Labute approximate surface area is 113 Å². The van der Waals surface area contributed by atoms with Crippen molar-refractivity contribution in [2.75, 3.05) is 31.1 Å². The van der Waals surface area contributed by atoms with Gasteiger partial charge in [-0.25, -0.2) is 5.84 Å². The van der Waals surface area contributed by atoms with Gasteiger partial charge in [0.2, 0.25) is 0 Å². The van der Waals surface area contributed by atoms with E-state index >= 15 is 0 Å². The second-order valence-electron chi connectivity index (χ2n) is 5.30. The van der Waals surface area contributed by atoms with Gasteiger partial charge in [0, 0.05) is 36.9 Å². The number of hydrogen-bond acceptors (Lipinski definition) is 4. The van der Waals surface area contributed by atoms with Crippen molar-refractivity contribution in [1.82, 2.24) is 10.3 Å². The lowest BCUT2D eigenvalue weighted by Gasteiger charge is -2.38. The Morgan fingerprint density at radius 1 is 1.21 bits per heavy atom. The number of anilines is 1. The molecular formula is C14H20N4O. The summed E-state index contributed by atoms with van der Waals surface area (Å²) in [6.45, 7) is 4.57. The first-order valence-corrected chi connectivity index (χ1v) is 6.88. The number of fused-ring (bicyclic) bond motifs is 1. The standard InChI is InChI=1S/C14H20N4O/c15-16-14(19)11-3-5-12(6-4-11)18-9-8-17-7-1-2-13(17)10-18/h3-6,13H,1-2,7-10,15H2,(H,16,19). The fourth-order valence-electron chi connectivity index (χ4n) is 3.13. The van der Waals surface area contributed by atoms with E-state index in [1.54, 1.807) is 0 Å². The minimum atomic E-state index is -0.243. The molecule has 3 N–H and O–H groups in total. The monoisotopic (exact) mass is 260 g/mol. The molecule has 1 unspecified atom stereocenters. The number of carbonyl (C=O) groups is 1. The van der Waals surface area contributed by atoms with Crippen LogP contribution in [0.5, 0.6) is 0 Å². The number of piperazine rings is 1. The quantitative estimate of drug-likeness (QED) is 0.464. The number of benzene rings is 1. The van der Waals surface area contributed by atoms with Crippen LogP contribution < -0.4 is 16.2 Å². The number of hydrazine groups is 1. The van der Waals surface area contributed by atoms with E-state index in [9.17, 15) is 4.79 Å². The molecule has 2 fully saturated rings. The SMILES string of the molecule is NNC(=O)c1ccc(N2CCN3CCCC3C2)cc1. The number of nitrogen functional groups attached to an aromatic ring is 1.